The van der Waals surface area contributed by atoms with Crippen molar-refractivity contribution in [2.75, 3.05) is 0 Å². The molecule has 0 amide bonds. The summed E-state index contributed by atoms with van der Waals surface area (Å²) >= 11 is 0. The Morgan fingerprint density at radius 3 is 2.78 bits per heavy atom. The Hall–Kier alpha value is -0.790. The number of hydrogen-bond donors (Lipinski definition) is 0. The van der Waals surface area contributed by atoms with Crippen LogP contribution < -0.4 is 0 Å². The Labute approximate surface area is 54.5 Å². The number of ether oxygens (including phenoxy) is 1. The third kappa shape index (κ3) is 1.56. The summed E-state index contributed by atoms with van der Waals surface area (Å²) in [6, 6.07) is 0. The number of allylic oxidation sites excluding steroid dienone is 1. The molecule has 1 atom stereocenters. The predicted octanol–water partition coefficient (Wildman–Crippen LogP) is 1.47. The minimum Gasteiger partial charge on any atom is -0.432 e. The van der Waals surface area contributed by atoms with E-state index in [-0.39, 0.29) is 5.97 Å². The molecule has 0 aromatic heterocycles. The van der Waals surface area contributed by atoms with E-state index in [9.17, 15) is 4.79 Å². The Kier molecular flexibility index (Phi) is 1.56. The minimum absolute atomic E-state index is 0.140. The van der Waals surface area contributed by atoms with E-state index in [1.54, 1.807) is 0 Å². The van der Waals surface area contributed by atoms with E-state index >= 15 is 0 Å². The van der Waals surface area contributed by atoms with Crippen LogP contribution in [0.4, 0.5) is 0 Å². The maximum Gasteiger partial charge on any atom is 0.311 e. The van der Waals surface area contributed by atoms with Crippen LogP contribution in [0.25, 0.3) is 0 Å². The summed E-state index contributed by atoms with van der Waals surface area (Å²) in [5, 5.41) is 0. The molecule has 1 saturated heterocycles. The SMILES string of the molecule is C=C1CC(C)CC(=O)O1. The molecule has 1 rings (SSSR count). The van der Waals surface area contributed by atoms with Gasteiger partial charge in [-0.1, -0.05) is 13.5 Å². The summed E-state index contributed by atoms with van der Waals surface area (Å²) in [6.45, 7) is 5.59. The van der Waals surface area contributed by atoms with Crippen LogP contribution in [0.2, 0.25) is 0 Å². The molecule has 50 valence electrons. The Morgan fingerprint density at radius 1 is 1.67 bits per heavy atom. The average Bonchev–Trinajstić information content (AvgIpc) is 1.59. The van der Waals surface area contributed by atoms with Crippen molar-refractivity contribution >= 4 is 5.97 Å². The highest BCUT2D eigenvalue weighted by molar-refractivity contribution is 5.71. The monoisotopic (exact) mass is 126 g/mol. The van der Waals surface area contributed by atoms with Crippen molar-refractivity contribution in [2.24, 2.45) is 5.92 Å². The van der Waals surface area contributed by atoms with Gasteiger partial charge >= 0.3 is 5.97 Å². The smallest absolute Gasteiger partial charge is 0.311 e. The topological polar surface area (TPSA) is 26.3 Å². The molecule has 1 aliphatic rings. The zero-order chi connectivity index (χ0) is 6.85. The Morgan fingerprint density at radius 2 is 2.33 bits per heavy atom. The fourth-order valence-corrected chi connectivity index (χ4v) is 0.990. The van der Waals surface area contributed by atoms with Gasteiger partial charge in [0.05, 0.1) is 0 Å². The first-order valence-electron chi connectivity index (χ1n) is 3.07. The van der Waals surface area contributed by atoms with E-state index < -0.39 is 0 Å². The van der Waals surface area contributed by atoms with Crippen molar-refractivity contribution in [3.8, 4) is 0 Å². The van der Waals surface area contributed by atoms with E-state index in [1.165, 1.54) is 0 Å². The summed E-state index contributed by atoms with van der Waals surface area (Å²) in [5.41, 5.74) is 0. The molecule has 2 nitrogen and oxygen atoms in total. The van der Waals surface area contributed by atoms with E-state index in [4.69, 9.17) is 4.74 Å². The molecular formula is C7H10O2. The third-order valence-electron chi connectivity index (χ3n) is 1.35. The molecule has 0 bridgehead atoms. The van der Waals surface area contributed by atoms with Crippen LogP contribution in [0.15, 0.2) is 12.3 Å². The zero-order valence-electron chi connectivity index (χ0n) is 5.52. The minimum atomic E-state index is -0.140. The van der Waals surface area contributed by atoms with E-state index in [2.05, 4.69) is 6.58 Å². The third-order valence-corrected chi connectivity index (χ3v) is 1.35. The van der Waals surface area contributed by atoms with Crippen molar-refractivity contribution in [2.45, 2.75) is 19.8 Å². The highest BCUT2D eigenvalue weighted by atomic mass is 16.5. The molecule has 0 aromatic carbocycles. The zero-order valence-corrected chi connectivity index (χ0v) is 5.52. The van der Waals surface area contributed by atoms with Crippen molar-refractivity contribution in [3.63, 3.8) is 0 Å². The Bertz CT molecular complexity index is 133. The van der Waals surface area contributed by atoms with Gasteiger partial charge in [0.2, 0.25) is 0 Å². The van der Waals surface area contributed by atoms with Gasteiger partial charge in [0.1, 0.15) is 5.76 Å². The number of carbonyl (C=O) groups excluding carboxylic acids is 1. The summed E-state index contributed by atoms with van der Waals surface area (Å²) in [7, 11) is 0. The van der Waals surface area contributed by atoms with E-state index in [1.807, 2.05) is 6.92 Å². The van der Waals surface area contributed by atoms with Gasteiger partial charge in [0.25, 0.3) is 0 Å². The van der Waals surface area contributed by atoms with Gasteiger partial charge in [-0.15, -0.1) is 0 Å². The lowest BCUT2D eigenvalue weighted by Crippen LogP contribution is -2.16. The van der Waals surface area contributed by atoms with Crippen LogP contribution >= 0.6 is 0 Å². The van der Waals surface area contributed by atoms with E-state index in [0.29, 0.717) is 18.1 Å². The predicted molar refractivity (Wildman–Crippen MR) is 33.6 cm³/mol. The lowest BCUT2D eigenvalue weighted by Gasteiger charge is -2.18. The summed E-state index contributed by atoms with van der Waals surface area (Å²) in [6.07, 6.45) is 1.37. The van der Waals surface area contributed by atoms with Crippen molar-refractivity contribution in [1.29, 1.82) is 0 Å². The second kappa shape index (κ2) is 2.21. The van der Waals surface area contributed by atoms with Crippen LogP contribution in [0.1, 0.15) is 19.8 Å². The van der Waals surface area contributed by atoms with Crippen LogP contribution in [0, 0.1) is 5.92 Å². The number of cyclic esters (lactones) is 1. The molecule has 0 aliphatic carbocycles. The fourth-order valence-electron chi connectivity index (χ4n) is 0.990. The maximum atomic E-state index is 10.6. The van der Waals surface area contributed by atoms with Crippen molar-refractivity contribution in [1.82, 2.24) is 0 Å². The molecule has 1 fully saturated rings. The highest BCUT2D eigenvalue weighted by Gasteiger charge is 2.18. The van der Waals surface area contributed by atoms with Gasteiger partial charge in [0, 0.05) is 12.8 Å². The number of rotatable bonds is 0. The first-order valence-corrected chi connectivity index (χ1v) is 3.07. The average molecular weight is 126 g/mol. The van der Waals surface area contributed by atoms with Crippen LogP contribution in [-0.2, 0) is 9.53 Å². The number of carbonyl (C=O) groups is 1. The van der Waals surface area contributed by atoms with Gasteiger partial charge < -0.3 is 4.74 Å². The van der Waals surface area contributed by atoms with Crippen molar-refractivity contribution in [3.05, 3.63) is 12.3 Å². The second-order valence-electron chi connectivity index (χ2n) is 2.53. The lowest BCUT2D eigenvalue weighted by atomic mass is 10.0. The highest BCUT2D eigenvalue weighted by Crippen LogP contribution is 2.21. The van der Waals surface area contributed by atoms with Gasteiger partial charge in [0.15, 0.2) is 0 Å². The van der Waals surface area contributed by atoms with Crippen molar-refractivity contribution < 1.29 is 9.53 Å². The Balaban J connectivity index is 2.53. The van der Waals surface area contributed by atoms with E-state index in [0.717, 1.165) is 6.42 Å². The molecule has 0 saturated carbocycles. The molecular weight excluding hydrogens is 116 g/mol. The molecule has 0 radical (unpaired) electrons. The molecule has 0 N–H and O–H groups in total. The van der Waals surface area contributed by atoms with Crippen LogP contribution in [-0.4, -0.2) is 5.97 Å². The maximum absolute atomic E-state index is 10.6. The fraction of sp³-hybridized carbons (Fsp3) is 0.571. The molecule has 1 unspecified atom stereocenters. The van der Waals surface area contributed by atoms with Crippen LogP contribution in [0.3, 0.4) is 0 Å². The lowest BCUT2D eigenvalue weighted by molar-refractivity contribution is -0.143. The molecule has 9 heavy (non-hydrogen) atoms. The molecule has 2 heteroatoms. The van der Waals surface area contributed by atoms with Gasteiger partial charge in [-0.25, -0.2) is 0 Å². The number of esters is 1. The second-order valence-corrected chi connectivity index (χ2v) is 2.53. The normalized spacial score (nSPS) is 27.9. The largest absolute Gasteiger partial charge is 0.432 e. The van der Waals surface area contributed by atoms with Crippen LogP contribution in [0.5, 0.6) is 0 Å². The molecule has 0 aromatic rings. The first kappa shape index (κ1) is 6.33. The number of hydrogen-bond acceptors (Lipinski definition) is 2. The van der Waals surface area contributed by atoms with Gasteiger partial charge in [-0.3, -0.25) is 4.79 Å². The molecule has 1 aliphatic heterocycles. The molecule has 1 heterocycles. The van der Waals surface area contributed by atoms with Gasteiger partial charge in [-0.2, -0.15) is 0 Å². The summed E-state index contributed by atoms with van der Waals surface area (Å²) in [4.78, 5) is 10.6. The quantitative estimate of drug-likeness (QED) is 0.459. The first-order chi connectivity index (χ1) is 4.18. The summed E-state index contributed by atoms with van der Waals surface area (Å²) < 4.78 is 4.72. The summed E-state index contributed by atoms with van der Waals surface area (Å²) in [5.74, 6) is 0.885. The standard InChI is InChI=1S/C7H10O2/c1-5-3-6(2)9-7(8)4-5/h5H,2-4H2,1H3. The van der Waals surface area contributed by atoms with Gasteiger partial charge in [-0.05, 0) is 5.92 Å². The molecule has 0 spiro atoms.